The van der Waals surface area contributed by atoms with Gasteiger partial charge in [0.05, 0.1) is 12.2 Å². The van der Waals surface area contributed by atoms with Crippen molar-refractivity contribution >= 4 is 22.6 Å². The summed E-state index contributed by atoms with van der Waals surface area (Å²) in [5, 5.41) is 0.653. The molecule has 34 heavy (non-hydrogen) atoms. The van der Waals surface area contributed by atoms with E-state index in [1.165, 1.54) is 0 Å². The fourth-order valence-electron chi connectivity index (χ4n) is 4.15. The maximum atomic E-state index is 15.4. The number of aromatic amines is 1. The molecule has 1 aliphatic rings. The maximum Gasteiger partial charge on any atom is 0.198 e. The molecule has 0 bridgehead atoms. The van der Waals surface area contributed by atoms with Crippen LogP contribution < -0.4 is 9.64 Å². The molecule has 0 amide bonds. The van der Waals surface area contributed by atoms with Crippen molar-refractivity contribution in [2.45, 2.75) is 20.0 Å². The van der Waals surface area contributed by atoms with Gasteiger partial charge in [-0.15, -0.1) is 0 Å². The molecule has 0 radical (unpaired) electrons. The summed E-state index contributed by atoms with van der Waals surface area (Å²) >= 11 is 0. The van der Waals surface area contributed by atoms with Crippen molar-refractivity contribution in [1.82, 2.24) is 15.0 Å². The molecule has 1 saturated heterocycles. The lowest BCUT2D eigenvalue weighted by Crippen LogP contribution is -2.26. The molecule has 0 saturated carbocycles. The van der Waals surface area contributed by atoms with E-state index in [0.29, 0.717) is 28.8 Å². The Bertz CT molecular complexity index is 1310. The highest BCUT2D eigenvalue weighted by Gasteiger charge is 2.23. The van der Waals surface area contributed by atoms with Gasteiger partial charge in [0.2, 0.25) is 0 Å². The van der Waals surface area contributed by atoms with Crippen LogP contribution in [0.15, 0.2) is 55.0 Å². The average Bonchev–Trinajstić information content (AvgIpc) is 3.10. The third-order valence-electron chi connectivity index (χ3n) is 5.99. The Morgan fingerprint density at radius 3 is 2.94 bits per heavy atom. The van der Waals surface area contributed by atoms with Gasteiger partial charge >= 0.3 is 0 Å². The molecule has 8 heteroatoms. The number of aromatic nitrogens is 3. The smallest absolute Gasteiger partial charge is 0.198 e. The van der Waals surface area contributed by atoms with Gasteiger partial charge in [-0.2, -0.15) is 0 Å². The van der Waals surface area contributed by atoms with Crippen LogP contribution in [-0.2, 0) is 11.3 Å². The van der Waals surface area contributed by atoms with E-state index >= 15 is 4.39 Å². The number of H-pyrrole nitrogens is 1. The number of nitrogens with zero attached hydrogens (tertiary/aromatic N) is 3. The lowest BCUT2D eigenvalue weighted by Gasteiger charge is -2.20. The molecule has 0 unspecified atom stereocenters. The largest absolute Gasteiger partial charge is 0.486 e. The summed E-state index contributed by atoms with van der Waals surface area (Å²) in [6.45, 7) is 5.02. The SMILES string of the molecule is Cc1ccc(OCc2ccc(N3CCCOCC3)nc2)c(F)c1C(=O)c1c[nH]c2ncccc12. The first kappa shape index (κ1) is 22.0. The second kappa shape index (κ2) is 9.61. The number of rotatable bonds is 6. The lowest BCUT2D eigenvalue weighted by molar-refractivity contribution is 0.103. The molecule has 4 aromatic rings. The predicted molar refractivity (Wildman–Crippen MR) is 127 cm³/mol. The maximum absolute atomic E-state index is 15.4. The number of nitrogens with one attached hydrogen (secondary N) is 1. The standard InChI is InChI=1S/C26H25FN4O3/c1-17-5-7-21(24(27)23(17)25(32)20-15-30-26-19(20)4-2-9-28-26)34-16-18-6-8-22(29-14-18)31-10-3-12-33-13-11-31/h2,4-9,14-15H,3,10-13,16H2,1H3,(H,28,30). The number of carbonyl (C=O) groups excluding carboxylic acids is 1. The molecule has 0 aliphatic carbocycles. The zero-order valence-electron chi connectivity index (χ0n) is 18.9. The zero-order chi connectivity index (χ0) is 23.5. The summed E-state index contributed by atoms with van der Waals surface area (Å²) in [7, 11) is 0. The highest BCUT2D eigenvalue weighted by molar-refractivity contribution is 6.16. The average molecular weight is 461 g/mol. The number of anilines is 1. The number of carbonyl (C=O) groups is 1. The summed E-state index contributed by atoms with van der Waals surface area (Å²) in [5.41, 5.74) is 2.31. The van der Waals surface area contributed by atoms with Crippen LogP contribution in [0.5, 0.6) is 5.75 Å². The third kappa shape index (κ3) is 4.36. The number of fused-ring (bicyclic) bond motifs is 1. The Kier molecular flexibility index (Phi) is 6.22. The van der Waals surface area contributed by atoms with Gasteiger partial charge in [0.25, 0.3) is 0 Å². The lowest BCUT2D eigenvalue weighted by atomic mass is 9.98. The van der Waals surface area contributed by atoms with Crippen molar-refractivity contribution in [2.75, 3.05) is 31.2 Å². The van der Waals surface area contributed by atoms with Crippen LogP contribution in [0.3, 0.4) is 0 Å². The molecular weight excluding hydrogens is 435 g/mol. The first-order valence-electron chi connectivity index (χ1n) is 11.3. The van der Waals surface area contributed by atoms with E-state index in [0.717, 1.165) is 37.5 Å². The van der Waals surface area contributed by atoms with Crippen molar-refractivity contribution in [3.05, 3.63) is 83.1 Å². The van der Waals surface area contributed by atoms with Crippen molar-refractivity contribution in [2.24, 2.45) is 0 Å². The minimum Gasteiger partial charge on any atom is -0.486 e. The fourth-order valence-corrected chi connectivity index (χ4v) is 4.15. The monoisotopic (exact) mass is 460 g/mol. The first-order valence-corrected chi connectivity index (χ1v) is 11.3. The van der Waals surface area contributed by atoms with Crippen LogP contribution in [0.2, 0.25) is 0 Å². The molecule has 0 spiro atoms. The molecule has 1 N–H and O–H groups in total. The van der Waals surface area contributed by atoms with E-state index < -0.39 is 11.6 Å². The molecule has 174 valence electrons. The Balaban J connectivity index is 1.33. The Morgan fingerprint density at radius 2 is 2.09 bits per heavy atom. The fraction of sp³-hybridized carbons (Fsp3) is 0.269. The highest BCUT2D eigenvalue weighted by atomic mass is 19.1. The van der Waals surface area contributed by atoms with Crippen LogP contribution in [0.4, 0.5) is 10.2 Å². The van der Waals surface area contributed by atoms with Gasteiger partial charge in [0.1, 0.15) is 18.1 Å². The molecule has 4 heterocycles. The van der Waals surface area contributed by atoms with E-state index in [1.807, 2.05) is 12.1 Å². The molecule has 0 atom stereocenters. The minimum atomic E-state index is -0.669. The molecule has 3 aromatic heterocycles. The van der Waals surface area contributed by atoms with Gasteiger partial charge in [-0.3, -0.25) is 4.79 Å². The minimum absolute atomic E-state index is 0.000825. The molecule has 1 aromatic carbocycles. The molecule has 5 rings (SSSR count). The number of aryl methyl sites for hydroxylation is 1. The molecule has 7 nitrogen and oxygen atoms in total. The van der Waals surface area contributed by atoms with Gasteiger partial charge in [-0.1, -0.05) is 12.1 Å². The topological polar surface area (TPSA) is 80.3 Å². The van der Waals surface area contributed by atoms with Crippen molar-refractivity contribution < 1.29 is 18.7 Å². The number of ketones is 1. The Labute approximate surface area is 196 Å². The Morgan fingerprint density at radius 1 is 1.18 bits per heavy atom. The van der Waals surface area contributed by atoms with Gasteiger partial charge in [0.15, 0.2) is 17.3 Å². The summed E-state index contributed by atoms with van der Waals surface area (Å²) in [6, 6.07) is 10.6. The molecule has 1 aliphatic heterocycles. The number of hydrogen-bond acceptors (Lipinski definition) is 6. The molecule has 1 fully saturated rings. The highest BCUT2D eigenvalue weighted by Crippen LogP contribution is 2.29. The first-order chi connectivity index (χ1) is 16.6. The van der Waals surface area contributed by atoms with Gasteiger partial charge in [-0.05, 0) is 43.2 Å². The van der Waals surface area contributed by atoms with E-state index in [2.05, 4.69) is 19.9 Å². The molecular formula is C26H25FN4O3. The van der Waals surface area contributed by atoms with Crippen molar-refractivity contribution in [3.8, 4) is 5.75 Å². The second-order valence-electron chi connectivity index (χ2n) is 8.27. The van der Waals surface area contributed by atoms with Crippen LogP contribution in [0, 0.1) is 12.7 Å². The summed E-state index contributed by atoms with van der Waals surface area (Å²) in [5.74, 6) is -0.165. The van der Waals surface area contributed by atoms with E-state index in [9.17, 15) is 4.79 Å². The number of ether oxygens (including phenoxy) is 2. The number of pyridine rings is 2. The summed E-state index contributed by atoms with van der Waals surface area (Å²) < 4.78 is 26.7. The van der Waals surface area contributed by atoms with E-state index in [1.54, 1.807) is 49.8 Å². The third-order valence-corrected chi connectivity index (χ3v) is 5.99. The van der Waals surface area contributed by atoms with Crippen molar-refractivity contribution in [1.29, 1.82) is 0 Å². The number of halogens is 1. The van der Waals surface area contributed by atoms with Crippen LogP contribution in [0.25, 0.3) is 11.0 Å². The number of benzene rings is 1. The van der Waals surface area contributed by atoms with E-state index in [-0.39, 0.29) is 17.9 Å². The normalized spacial score (nSPS) is 14.2. The second-order valence-corrected chi connectivity index (χ2v) is 8.27. The van der Waals surface area contributed by atoms with Crippen LogP contribution in [-0.4, -0.2) is 47.0 Å². The van der Waals surface area contributed by atoms with E-state index in [4.69, 9.17) is 9.47 Å². The van der Waals surface area contributed by atoms with Gasteiger partial charge in [-0.25, -0.2) is 14.4 Å². The van der Waals surface area contributed by atoms with Gasteiger partial charge < -0.3 is 19.4 Å². The van der Waals surface area contributed by atoms with Crippen LogP contribution >= 0.6 is 0 Å². The summed E-state index contributed by atoms with van der Waals surface area (Å²) in [6.07, 6.45) is 5.90. The quantitative estimate of drug-likeness (QED) is 0.429. The van der Waals surface area contributed by atoms with Crippen LogP contribution in [0.1, 0.15) is 33.5 Å². The van der Waals surface area contributed by atoms with Gasteiger partial charge in [0, 0.05) is 54.8 Å². The number of hydrogen-bond donors (Lipinski definition) is 1. The predicted octanol–water partition coefficient (Wildman–Crippen LogP) is 4.44. The zero-order valence-corrected chi connectivity index (χ0v) is 18.9. The summed E-state index contributed by atoms with van der Waals surface area (Å²) in [4.78, 5) is 27.1. The Hall–Kier alpha value is -3.78. The van der Waals surface area contributed by atoms with Crippen molar-refractivity contribution in [3.63, 3.8) is 0 Å².